The number of aromatic nitrogens is 1. The number of fused-ring (bicyclic) bond motifs is 1. The molecule has 0 spiro atoms. The summed E-state index contributed by atoms with van der Waals surface area (Å²) >= 11 is 10.8. The molecule has 0 unspecified atom stereocenters. The number of halogens is 1. The Kier molecular flexibility index (Phi) is 4.59. The molecule has 0 bridgehead atoms. The van der Waals surface area contributed by atoms with Gasteiger partial charge in [0.25, 0.3) is 0 Å². The Labute approximate surface area is 129 Å². The number of nitriles is 2. The minimum Gasteiger partial charge on any atom is -0.325 e. The van der Waals surface area contributed by atoms with E-state index in [1.54, 1.807) is 30.3 Å². The first-order chi connectivity index (χ1) is 9.67. The highest BCUT2D eigenvalue weighted by Crippen LogP contribution is 2.26. The van der Waals surface area contributed by atoms with E-state index >= 15 is 0 Å². The van der Waals surface area contributed by atoms with Crippen molar-refractivity contribution in [2.45, 2.75) is 0 Å². The molecule has 8 heteroatoms. The average Bonchev–Trinajstić information content (AvgIpc) is 2.86. The van der Waals surface area contributed by atoms with Crippen molar-refractivity contribution in [1.29, 1.82) is 10.5 Å². The summed E-state index contributed by atoms with van der Waals surface area (Å²) in [6, 6.07) is 8.77. The zero-order chi connectivity index (χ0) is 14.5. The van der Waals surface area contributed by atoms with Gasteiger partial charge >= 0.3 is 0 Å². The Morgan fingerprint density at radius 3 is 2.85 bits per heavy atom. The van der Waals surface area contributed by atoms with Gasteiger partial charge in [0.15, 0.2) is 0 Å². The summed E-state index contributed by atoms with van der Waals surface area (Å²) in [6.07, 6.45) is 1.29. The van der Waals surface area contributed by atoms with E-state index in [1.807, 2.05) is 0 Å². The fourth-order valence-electron chi connectivity index (χ4n) is 1.41. The number of allylic oxidation sites excluding steroid dienone is 2. The highest BCUT2D eigenvalue weighted by atomic mass is 35.5. The maximum atomic E-state index is 8.78. The smallest absolute Gasteiger partial charge is 0.146 e. The molecule has 0 saturated heterocycles. The van der Waals surface area contributed by atoms with Gasteiger partial charge in [0.2, 0.25) is 0 Å². The molecule has 5 nitrogen and oxygen atoms in total. The molecule has 1 aromatic carbocycles. The van der Waals surface area contributed by atoms with Gasteiger partial charge in [0.05, 0.1) is 23.1 Å². The predicted octanol–water partition coefficient (Wildman–Crippen LogP) is 3.49. The lowest BCUT2D eigenvalue weighted by atomic mass is 10.2. The number of thiol groups is 1. The summed E-state index contributed by atoms with van der Waals surface area (Å²) in [5.74, 6) is 0. The molecule has 0 saturated carbocycles. The van der Waals surface area contributed by atoms with E-state index in [-0.39, 0.29) is 11.3 Å². The first-order valence-corrected chi connectivity index (χ1v) is 6.71. The van der Waals surface area contributed by atoms with Gasteiger partial charge in [0.1, 0.15) is 28.4 Å². The SMILES string of the molecule is N#CC(C#N)=C/C(=N\OS)c1nc2ccc(Cl)cc2s1. The largest absolute Gasteiger partial charge is 0.325 e. The summed E-state index contributed by atoms with van der Waals surface area (Å²) in [7, 11) is 0. The van der Waals surface area contributed by atoms with Gasteiger partial charge in [-0.2, -0.15) is 10.5 Å². The van der Waals surface area contributed by atoms with Gasteiger partial charge in [0, 0.05) is 5.02 Å². The van der Waals surface area contributed by atoms with Gasteiger partial charge < -0.3 is 4.28 Å². The van der Waals surface area contributed by atoms with Crippen LogP contribution in [0.1, 0.15) is 5.01 Å². The van der Waals surface area contributed by atoms with E-state index in [9.17, 15) is 0 Å². The zero-order valence-electron chi connectivity index (χ0n) is 9.74. The molecular weight excluding hydrogens is 316 g/mol. The van der Waals surface area contributed by atoms with Gasteiger partial charge in [-0.05, 0) is 24.3 Å². The third kappa shape index (κ3) is 3.09. The van der Waals surface area contributed by atoms with Crippen molar-refractivity contribution in [2.24, 2.45) is 5.16 Å². The predicted molar refractivity (Wildman–Crippen MR) is 80.5 cm³/mol. The number of hydrogen-bond acceptors (Lipinski definition) is 7. The molecule has 0 fully saturated rings. The number of benzene rings is 1. The van der Waals surface area contributed by atoms with Crippen molar-refractivity contribution in [1.82, 2.24) is 4.98 Å². The molecule has 2 rings (SSSR count). The van der Waals surface area contributed by atoms with Crippen molar-refractivity contribution in [3.8, 4) is 12.1 Å². The molecule has 0 aliphatic heterocycles. The zero-order valence-corrected chi connectivity index (χ0v) is 12.2. The molecule has 0 radical (unpaired) electrons. The molecule has 0 aliphatic carbocycles. The summed E-state index contributed by atoms with van der Waals surface area (Å²) < 4.78 is 5.29. The molecule has 1 aromatic heterocycles. The van der Waals surface area contributed by atoms with Crippen LogP contribution in [0, 0.1) is 22.7 Å². The third-order valence-corrected chi connectivity index (χ3v) is 3.59. The molecule has 20 heavy (non-hydrogen) atoms. The van der Waals surface area contributed by atoms with E-state index in [4.69, 9.17) is 22.1 Å². The van der Waals surface area contributed by atoms with Gasteiger partial charge in [-0.15, -0.1) is 11.3 Å². The van der Waals surface area contributed by atoms with Crippen LogP contribution in [-0.4, -0.2) is 10.7 Å². The Morgan fingerprint density at radius 1 is 1.45 bits per heavy atom. The molecule has 2 aromatic rings. The first kappa shape index (κ1) is 14.4. The highest BCUT2D eigenvalue weighted by Gasteiger charge is 2.11. The van der Waals surface area contributed by atoms with Gasteiger partial charge in [-0.25, -0.2) is 4.98 Å². The second-order valence-electron chi connectivity index (χ2n) is 3.47. The van der Waals surface area contributed by atoms with Crippen molar-refractivity contribution in [2.75, 3.05) is 0 Å². The number of rotatable bonds is 3. The summed E-state index contributed by atoms with van der Waals surface area (Å²) in [5.41, 5.74) is 0.881. The fourth-order valence-corrected chi connectivity index (χ4v) is 2.69. The van der Waals surface area contributed by atoms with Crippen LogP contribution >= 0.6 is 35.8 Å². The van der Waals surface area contributed by atoms with E-state index in [2.05, 4.69) is 27.3 Å². The van der Waals surface area contributed by atoms with Crippen molar-refractivity contribution < 1.29 is 4.28 Å². The van der Waals surface area contributed by atoms with Gasteiger partial charge in [-0.3, -0.25) is 0 Å². The van der Waals surface area contributed by atoms with Crippen LogP contribution in [0.5, 0.6) is 0 Å². The molecule has 0 N–H and O–H groups in total. The molecule has 1 heterocycles. The van der Waals surface area contributed by atoms with Crippen LogP contribution in [-0.2, 0) is 4.28 Å². The quantitative estimate of drug-likeness (QED) is 0.308. The van der Waals surface area contributed by atoms with Crippen molar-refractivity contribution in [3.63, 3.8) is 0 Å². The standard InChI is InChI=1S/C12H5ClN4OS2/c13-8-1-2-9-11(4-8)20-12(16-9)10(17-18-19)3-7(5-14)6-15/h1-4,19H/b17-10+. The number of hydrogen-bond donors (Lipinski definition) is 1. The van der Waals surface area contributed by atoms with Crippen LogP contribution in [0.3, 0.4) is 0 Å². The molecular formula is C12H5ClN4OS2. The fraction of sp³-hybridized carbons (Fsp3) is 0. The van der Waals surface area contributed by atoms with E-state index in [1.165, 1.54) is 17.4 Å². The monoisotopic (exact) mass is 320 g/mol. The Balaban J connectivity index is 2.54. The van der Waals surface area contributed by atoms with Crippen molar-refractivity contribution in [3.05, 3.63) is 39.9 Å². The third-order valence-electron chi connectivity index (χ3n) is 2.23. The van der Waals surface area contributed by atoms with Crippen LogP contribution < -0.4 is 0 Å². The van der Waals surface area contributed by atoms with Crippen LogP contribution in [0.2, 0.25) is 5.02 Å². The van der Waals surface area contributed by atoms with E-state index < -0.39 is 0 Å². The molecule has 0 atom stereocenters. The highest BCUT2D eigenvalue weighted by molar-refractivity contribution is 7.75. The maximum absolute atomic E-state index is 8.78. The van der Waals surface area contributed by atoms with Crippen LogP contribution in [0.15, 0.2) is 35.0 Å². The molecule has 0 amide bonds. The van der Waals surface area contributed by atoms with E-state index in [0.29, 0.717) is 10.0 Å². The molecule has 98 valence electrons. The summed E-state index contributed by atoms with van der Waals surface area (Å²) in [6.45, 7) is 0. The lowest BCUT2D eigenvalue weighted by molar-refractivity contribution is 0.415. The second-order valence-corrected chi connectivity index (χ2v) is 5.10. The maximum Gasteiger partial charge on any atom is 0.146 e. The topological polar surface area (TPSA) is 82.1 Å². The number of nitrogens with zero attached hydrogens (tertiary/aromatic N) is 4. The Hall–Kier alpha value is -2.06. The van der Waals surface area contributed by atoms with Crippen LogP contribution in [0.4, 0.5) is 0 Å². The number of thiazole rings is 1. The Bertz CT molecular complexity index is 782. The lowest BCUT2D eigenvalue weighted by Gasteiger charge is -1.93. The van der Waals surface area contributed by atoms with E-state index in [0.717, 1.165) is 10.2 Å². The van der Waals surface area contributed by atoms with Crippen molar-refractivity contribution >= 4 is 51.8 Å². The number of oxime groups is 1. The van der Waals surface area contributed by atoms with Gasteiger partial charge in [-0.1, -0.05) is 16.8 Å². The summed E-state index contributed by atoms with van der Waals surface area (Å²) in [5, 5.41) is 22.3. The normalized spacial score (nSPS) is 10.7. The lowest BCUT2D eigenvalue weighted by Crippen LogP contribution is -1.97. The van der Waals surface area contributed by atoms with Crippen LogP contribution in [0.25, 0.3) is 10.2 Å². The Morgan fingerprint density at radius 2 is 2.20 bits per heavy atom. The second kappa shape index (κ2) is 6.40. The summed E-state index contributed by atoms with van der Waals surface area (Å²) in [4.78, 5) is 4.35. The minimum atomic E-state index is -0.105. The first-order valence-electron chi connectivity index (χ1n) is 5.15. The minimum absolute atomic E-state index is 0.105. The average molecular weight is 321 g/mol. The molecule has 0 aliphatic rings.